The lowest BCUT2D eigenvalue weighted by Crippen LogP contribution is -2.51. The van der Waals surface area contributed by atoms with Crippen LogP contribution in [0.4, 0.5) is 28.3 Å². The number of aromatic nitrogens is 3. The Bertz CT molecular complexity index is 2080. The first kappa shape index (κ1) is 62.8. The highest BCUT2D eigenvalue weighted by Crippen LogP contribution is 2.22. The maximum Gasteiger partial charge on any atom is 0.326 e. The summed E-state index contributed by atoms with van der Waals surface area (Å²) in [4.78, 5) is 106. The van der Waals surface area contributed by atoms with Crippen LogP contribution in [-0.4, -0.2) is 214 Å². The van der Waals surface area contributed by atoms with Crippen molar-refractivity contribution in [1.82, 2.24) is 45.6 Å². The summed E-state index contributed by atoms with van der Waals surface area (Å²) in [5, 5.41) is 57.0. The van der Waals surface area contributed by atoms with E-state index in [1.165, 1.54) is 0 Å². The van der Waals surface area contributed by atoms with Crippen LogP contribution < -0.4 is 42.5 Å². The van der Waals surface area contributed by atoms with Crippen molar-refractivity contribution in [1.29, 1.82) is 0 Å². The number of benzene rings is 1. The van der Waals surface area contributed by atoms with E-state index in [4.69, 9.17) is 26.5 Å². The van der Waals surface area contributed by atoms with E-state index < -0.39 is 54.4 Å². The number of carbonyl (C=O) groups excluding carboxylic acids is 2. The van der Waals surface area contributed by atoms with Crippen molar-refractivity contribution in [3.63, 3.8) is 0 Å². The Labute approximate surface area is 439 Å². The summed E-state index contributed by atoms with van der Waals surface area (Å²) >= 11 is 0. The normalized spacial score (nSPS) is 14.0. The van der Waals surface area contributed by atoms with Crippen molar-refractivity contribution in [3.8, 4) is 0 Å². The number of nitrogens with zero attached hydrogens (tertiary/aromatic N) is 8. The van der Waals surface area contributed by atoms with Crippen LogP contribution in [0, 0.1) is 0 Å². The second kappa shape index (κ2) is 34.9. The van der Waals surface area contributed by atoms with Gasteiger partial charge in [-0.3, -0.25) is 33.9 Å². The smallest absolute Gasteiger partial charge is 0.326 e. The number of piperazine rings is 1. The van der Waals surface area contributed by atoms with Gasteiger partial charge in [-0.1, -0.05) is 50.7 Å². The van der Waals surface area contributed by atoms with E-state index in [0.717, 1.165) is 95.3 Å². The summed E-state index contributed by atoms with van der Waals surface area (Å²) in [7, 11) is 3.76. The van der Waals surface area contributed by atoms with Gasteiger partial charge < -0.3 is 68.1 Å². The fourth-order valence-electron chi connectivity index (χ4n) is 8.61. The fourth-order valence-corrected chi connectivity index (χ4v) is 8.61. The molecule has 3 rings (SSSR count). The monoisotopic (exact) mass is 1060 g/mol. The largest absolute Gasteiger partial charge is 0.481 e. The Morgan fingerprint density at radius 1 is 0.667 bits per heavy atom. The molecule has 1 aromatic heterocycles. The Balaban J connectivity index is 1.33. The summed E-state index contributed by atoms with van der Waals surface area (Å²) in [5.41, 5.74) is 13.3. The van der Waals surface area contributed by atoms with E-state index in [0.29, 0.717) is 69.7 Å². The molecule has 3 atom stereocenters. The number of unbranched alkanes of at least 4 members (excludes halogenated alkanes) is 8. The molecule has 0 radical (unpaired) electrons. The lowest BCUT2D eigenvalue weighted by Gasteiger charge is -2.35. The molecule has 420 valence electrons. The lowest BCUT2D eigenvalue weighted by molar-refractivity contribution is -0.141. The predicted octanol–water partition coefficient (Wildman–Crippen LogP) is 1.27. The first-order chi connectivity index (χ1) is 35.9. The minimum absolute atomic E-state index is 0.0602. The zero-order valence-electron chi connectivity index (χ0n) is 43.7. The number of rotatable bonds is 40. The molecule has 1 aromatic carbocycles. The number of nitrogens with one attached hydrogen (secondary N) is 4. The van der Waals surface area contributed by atoms with Crippen molar-refractivity contribution >= 4 is 65.3 Å². The van der Waals surface area contributed by atoms with Crippen LogP contribution in [0.25, 0.3) is 0 Å². The average molecular weight is 1060 g/mol. The minimum atomic E-state index is -1.48. The Kier molecular flexibility index (Phi) is 29.2. The Morgan fingerprint density at radius 2 is 1.27 bits per heavy atom. The van der Waals surface area contributed by atoms with Crippen molar-refractivity contribution in [3.05, 3.63) is 29.8 Å². The zero-order chi connectivity index (χ0) is 55.1. The van der Waals surface area contributed by atoms with Gasteiger partial charge in [0.05, 0.1) is 13.1 Å². The number of anilines is 4. The summed E-state index contributed by atoms with van der Waals surface area (Å²) < 4.78 is 0. The van der Waals surface area contributed by atoms with E-state index in [1.54, 1.807) is 9.80 Å². The van der Waals surface area contributed by atoms with Gasteiger partial charge >= 0.3 is 35.9 Å². The molecule has 3 amide bonds. The predicted molar refractivity (Wildman–Crippen MR) is 281 cm³/mol. The van der Waals surface area contributed by atoms with E-state index in [9.17, 15) is 54.0 Å². The summed E-state index contributed by atoms with van der Waals surface area (Å²) in [6.45, 7) is 5.73. The van der Waals surface area contributed by atoms with Gasteiger partial charge in [-0.25, -0.2) is 14.4 Å². The summed E-state index contributed by atoms with van der Waals surface area (Å²) in [5.74, 6) is -4.51. The van der Waals surface area contributed by atoms with Crippen LogP contribution in [0.5, 0.6) is 0 Å². The third-order valence-electron chi connectivity index (χ3n) is 12.6. The summed E-state index contributed by atoms with van der Waals surface area (Å²) in [6, 6.07) is 3.58. The van der Waals surface area contributed by atoms with Crippen molar-refractivity contribution in [2.24, 2.45) is 11.5 Å². The molecule has 26 nitrogen and oxygen atoms in total. The van der Waals surface area contributed by atoms with Crippen molar-refractivity contribution in [2.75, 3.05) is 114 Å². The van der Waals surface area contributed by atoms with Gasteiger partial charge in [-0.05, 0) is 69.2 Å². The second-order valence-corrected chi connectivity index (χ2v) is 19.0. The van der Waals surface area contributed by atoms with Crippen LogP contribution in [0.15, 0.2) is 24.3 Å². The number of aliphatic carboxylic acids is 5. The lowest BCUT2D eigenvalue weighted by atomic mass is 10.0. The highest BCUT2D eigenvalue weighted by molar-refractivity contribution is 5.86. The first-order valence-electron chi connectivity index (χ1n) is 25.9. The van der Waals surface area contributed by atoms with Gasteiger partial charge in [-0.2, -0.15) is 15.0 Å². The third-order valence-corrected chi connectivity index (χ3v) is 12.6. The molecule has 0 aliphatic carbocycles. The molecule has 0 saturated carbocycles. The standard InChI is InChI=1S/C49H82N14O12/c1-59(2)47-56-46(53-36-17-15-35(16-18-36)31-37(63(26-22-51)34-43(69)70)32-61(25-21-50)33-42(67)68)57-48(58-47)62-29-27-60(28-30-62)24-12-8-6-4-3-5-7-9-14-40(64)52-23-11-10-13-38(44(71)72)54-49(75)55-39(45(73)74)19-20-41(65)66/h15-18,37-39H,3-14,19-34,50-51H2,1-2H3,(H,52,64)(H,65,66)(H,67,68)(H,69,70)(H,71,72)(H,73,74)(H2,54,55,75)(H,53,56,57,58)/t37?,38-,39-/m0/s1. The molecule has 1 saturated heterocycles. The van der Waals surface area contributed by atoms with Crippen molar-refractivity contribution in [2.45, 2.75) is 114 Å². The molecule has 2 aromatic rings. The highest BCUT2D eigenvalue weighted by Gasteiger charge is 2.27. The minimum Gasteiger partial charge on any atom is -0.481 e. The number of nitrogens with two attached hydrogens (primary N) is 2. The zero-order valence-corrected chi connectivity index (χ0v) is 43.7. The van der Waals surface area contributed by atoms with Crippen molar-refractivity contribution < 1.29 is 59.1 Å². The van der Waals surface area contributed by atoms with E-state index >= 15 is 0 Å². The number of urea groups is 1. The number of carboxylic acids is 5. The molecule has 1 fully saturated rings. The SMILES string of the molecule is CN(C)c1nc(Nc2ccc(CC(CN(CCN)CC(=O)O)N(CCN)CC(=O)O)cc2)nc(N2CCN(CCCCCCCCCCC(=O)NCCCC[C@H](NC(=O)N[C@@H](CCC(=O)O)C(=O)O)C(=O)O)CC2)n1. The number of amides is 3. The van der Waals surface area contributed by atoms with Crippen LogP contribution in [0.2, 0.25) is 0 Å². The average Bonchev–Trinajstić information content (AvgIpc) is 3.35. The molecule has 26 heteroatoms. The number of hydrogen-bond acceptors (Lipinski definition) is 18. The molecule has 0 spiro atoms. The third kappa shape index (κ3) is 26.0. The molecule has 75 heavy (non-hydrogen) atoms. The van der Waals surface area contributed by atoms with Crippen LogP contribution in [-0.2, 0) is 35.2 Å². The molecule has 13 N–H and O–H groups in total. The molecule has 0 bridgehead atoms. The fraction of sp³-hybridized carbons (Fsp3) is 0.673. The second-order valence-electron chi connectivity index (χ2n) is 19.0. The van der Waals surface area contributed by atoms with E-state index in [1.807, 2.05) is 43.3 Å². The molecule has 1 aliphatic heterocycles. The molecule has 1 aliphatic rings. The molecular weight excluding hydrogens is 977 g/mol. The van der Waals surface area contributed by atoms with Crippen LogP contribution >= 0.6 is 0 Å². The molecule has 2 heterocycles. The highest BCUT2D eigenvalue weighted by atomic mass is 16.4. The Morgan fingerprint density at radius 3 is 1.84 bits per heavy atom. The van der Waals surface area contributed by atoms with Gasteiger partial charge in [0.2, 0.25) is 23.8 Å². The van der Waals surface area contributed by atoms with Gasteiger partial charge in [0, 0.05) is 104 Å². The quantitative estimate of drug-likeness (QED) is 0.0419. The van der Waals surface area contributed by atoms with E-state index in [-0.39, 0.29) is 51.0 Å². The van der Waals surface area contributed by atoms with E-state index in [2.05, 4.69) is 36.1 Å². The van der Waals surface area contributed by atoms with Gasteiger partial charge in [0.25, 0.3) is 0 Å². The number of carbonyl (C=O) groups is 7. The molecule has 1 unspecified atom stereocenters. The number of carboxylic acid groups (broad SMARTS) is 5. The molecular formula is C49H82N14O12. The maximum atomic E-state index is 12.3. The van der Waals surface area contributed by atoms with Crippen LogP contribution in [0.3, 0.4) is 0 Å². The van der Waals surface area contributed by atoms with Gasteiger partial charge in [0.15, 0.2) is 0 Å². The van der Waals surface area contributed by atoms with Gasteiger partial charge in [-0.15, -0.1) is 0 Å². The first-order valence-corrected chi connectivity index (χ1v) is 25.9. The maximum absolute atomic E-state index is 12.3. The van der Waals surface area contributed by atoms with Crippen LogP contribution in [0.1, 0.15) is 95.5 Å². The Hall–Kier alpha value is -6.48. The van der Waals surface area contributed by atoms with Gasteiger partial charge in [0.1, 0.15) is 12.1 Å². The number of hydrogen-bond donors (Lipinski definition) is 11. The summed E-state index contributed by atoms with van der Waals surface area (Å²) in [6.07, 6.45) is 9.41. The topological polar surface area (TPSA) is 376 Å².